The molecule has 3 heteroatoms. The summed E-state index contributed by atoms with van der Waals surface area (Å²) >= 11 is 5.59. The van der Waals surface area contributed by atoms with Crippen LogP contribution in [0.25, 0.3) is 0 Å². The Hall–Kier alpha value is -2.26. The molecule has 0 aliphatic heterocycles. The highest BCUT2D eigenvalue weighted by Gasteiger charge is 2.04. The Labute approximate surface area is 113 Å². The standard InChI is InChI=1S/C15H11ClO2/c1-3-4-5-6-7-8-9-10-11-12-15(13-16)18-14(2)17/h11-12,15H,13H2,1-2H3. The lowest BCUT2D eigenvalue weighted by Gasteiger charge is -2.07. The van der Waals surface area contributed by atoms with Gasteiger partial charge in [-0.25, -0.2) is 0 Å². The monoisotopic (exact) mass is 258 g/mol. The molecule has 0 amide bonds. The Bertz CT molecular complexity index is 542. The maximum absolute atomic E-state index is 10.7. The predicted octanol–water partition coefficient (Wildman–Crippen LogP) is 1.75. The molecule has 0 heterocycles. The summed E-state index contributed by atoms with van der Waals surface area (Å²) < 4.78 is 4.87. The third-order valence-electron chi connectivity index (χ3n) is 1.37. The first-order chi connectivity index (χ1) is 8.70. The van der Waals surface area contributed by atoms with Crippen LogP contribution >= 0.6 is 11.6 Å². The highest BCUT2D eigenvalue weighted by molar-refractivity contribution is 6.18. The Morgan fingerprint density at radius 2 is 1.83 bits per heavy atom. The number of carbonyl (C=O) groups excluding carboxylic acids is 1. The van der Waals surface area contributed by atoms with Crippen LogP contribution in [0.4, 0.5) is 0 Å². The highest BCUT2D eigenvalue weighted by atomic mass is 35.5. The van der Waals surface area contributed by atoms with Crippen LogP contribution in [0.1, 0.15) is 13.8 Å². The zero-order valence-corrected chi connectivity index (χ0v) is 10.9. The minimum absolute atomic E-state index is 0.185. The summed E-state index contributed by atoms with van der Waals surface area (Å²) in [5.74, 6) is 20.3. The zero-order chi connectivity index (χ0) is 13.6. The fraction of sp³-hybridized carbons (Fsp3) is 0.267. The number of halogens is 1. The molecule has 0 rings (SSSR count). The molecule has 0 fully saturated rings. The van der Waals surface area contributed by atoms with E-state index in [1.807, 2.05) is 0 Å². The number of allylic oxidation sites excluding steroid dienone is 1. The van der Waals surface area contributed by atoms with Gasteiger partial charge < -0.3 is 4.74 Å². The van der Waals surface area contributed by atoms with E-state index in [4.69, 9.17) is 16.3 Å². The molecule has 0 aliphatic carbocycles. The molecule has 0 saturated carbocycles. The predicted molar refractivity (Wildman–Crippen MR) is 72.2 cm³/mol. The van der Waals surface area contributed by atoms with E-state index in [2.05, 4.69) is 47.4 Å². The third-order valence-corrected chi connectivity index (χ3v) is 1.68. The number of rotatable bonds is 3. The first kappa shape index (κ1) is 15.7. The Kier molecular flexibility index (Phi) is 9.82. The summed E-state index contributed by atoms with van der Waals surface area (Å²) in [5.41, 5.74) is 0. The lowest BCUT2D eigenvalue weighted by Crippen LogP contribution is -2.14. The van der Waals surface area contributed by atoms with Crippen molar-refractivity contribution < 1.29 is 9.53 Å². The van der Waals surface area contributed by atoms with Crippen molar-refractivity contribution in [3.63, 3.8) is 0 Å². The van der Waals surface area contributed by atoms with Crippen LogP contribution in [0.15, 0.2) is 12.2 Å². The van der Waals surface area contributed by atoms with Crippen molar-refractivity contribution in [2.45, 2.75) is 20.0 Å². The molecule has 1 atom stereocenters. The molecule has 0 aromatic rings. The topological polar surface area (TPSA) is 26.3 Å². The largest absolute Gasteiger partial charge is 0.457 e. The lowest BCUT2D eigenvalue weighted by molar-refractivity contribution is -0.143. The number of hydrogen-bond acceptors (Lipinski definition) is 2. The molecule has 90 valence electrons. The van der Waals surface area contributed by atoms with E-state index in [1.54, 1.807) is 13.0 Å². The highest BCUT2D eigenvalue weighted by Crippen LogP contribution is 1.97. The third kappa shape index (κ3) is 10.3. The molecule has 18 heavy (non-hydrogen) atoms. The van der Waals surface area contributed by atoms with Gasteiger partial charge in [0.2, 0.25) is 0 Å². The number of alkyl halides is 1. The van der Waals surface area contributed by atoms with E-state index < -0.39 is 6.10 Å². The summed E-state index contributed by atoms with van der Waals surface area (Å²) in [6.07, 6.45) is 2.66. The van der Waals surface area contributed by atoms with E-state index in [9.17, 15) is 4.79 Å². The van der Waals surface area contributed by atoms with Crippen LogP contribution in [0.2, 0.25) is 0 Å². The smallest absolute Gasteiger partial charge is 0.303 e. The van der Waals surface area contributed by atoms with Crippen LogP contribution in [-0.2, 0) is 9.53 Å². The van der Waals surface area contributed by atoms with Crippen molar-refractivity contribution in [3.05, 3.63) is 12.2 Å². The first-order valence-corrected chi connectivity index (χ1v) is 5.56. The van der Waals surface area contributed by atoms with Crippen LogP contribution in [0.3, 0.4) is 0 Å². The van der Waals surface area contributed by atoms with E-state index in [0.717, 1.165) is 0 Å². The van der Waals surface area contributed by atoms with Crippen molar-refractivity contribution >= 4 is 17.6 Å². The SMILES string of the molecule is CC#CC#CC#CC#CC=CC(CCl)OC(C)=O. The van der Waals surface area contributed by atoms with Crippen LogP contribution in [-0.4, -0.2) is 18.0 Å². The Morgan fingerprint density at radius 1 is 1.22 bits per heavy atom. The van der Waals surface area contributed by atoms with Gasteiger partial charge in [0.05, 0.1) is 5.88 Å². The van der Waals surface area contributed by atoms with E-state index in [-0.39, 0.29) is 11.8 Å². The molecular formula is C15H11ClO2. The molecule has 0 aromatic carbocycles. The van der Waals surface area contributed by atoms with E-state index >= 15 is 0 Å². The first-order valence-electron chi connectivity index (χ1n) is 5.02. The minimum Gasteiger partial charge on any atom is -0.457 e. The maximum atomic E-state index is 10.7. The number of hydrogen-bond donors (Lipinski definition) is 0. The van der Waals surface area contributed by atoms with Gasteiger partial charge in [-0.1, -0.05) is 11.8 Å². The van der Waals surface area contributed by atoms with Crippen LogP contribution in [0, 0.1) is 47.4 Å². The Balaban J connectivity index is 4.27. The second kappa shape index (κ2) is 11.2. The van der Waals surface area contributed by atoms with E-state index in [1.165, 1.54) is 13.0 Å². The van der Waals surface area contributed by atoms with Gasteiger partial charge in [-0.2, -0.15) is 0 Å². The average molecular weight is 259 g/mol. The fourth-order valence-corrected chi connectivity index (χ4v) is 0.922. The molecule has 1 unspecified atom stereocenters. The minimum atomic E-state index is -0.467. The van der Waals surface area contributed by atoms with Crippen LogP contribution in [0.5, 0.6) is 0 Å². The summed E-state index contributed by atoms with van der Waals surface area (Å²) in [6.45, 7) is 3.02. The number of esters is 1. The molecule has 0 aliphatic rings. The Morgan fingerprint density at radius 3 is 2.39 bits per heavy atom. The molecule has 0 spiro atoms. The second-order valence-corrected chi connectivity index (χ2v) is 3.11. The van der Waals surface area contributed by atoms with Crippen molar-refractivity contribution in [1.29, 1.82) is 0 Å². The quantitative estimate of drug-likeness (QED) is 0.438. The van der Waals surface area contributed by atoms with Gasteiger partial charge in [0.1, 0.15) is 6.10 Å². The summed E-state index contributed by atoms with van der Waals surface area (Å²) in [4.78, 5) is 10.7. The van der Waals surface area contributed by atoms with Gasteiger partial charge in [-0.05, 0) is 54.6 Å². The molecule has 0 aromatic heterocycles. The van der Waals surface area contributed by atoms with Crippen molar-refractivity contribution in [2.75, 3.05) is 5.88 Å². The summed E-state index contributed by atoms with van der Waals surface area (Å²) in [5, 5.41) is 0. The van der Waals surface area contributed by atoms with Crippen molar-refractivity contribution in [3.8, 4) is 47.4 Å². The maximum Gasteiger partial charge on any atom is 0.303 e. The van der Waals surface area contributed by atoms with Gasteiger partial charge in [-0.15, -0.1) is 11.6 Å². The van der Waals surface area contributed by atoms with Gasteiger partial charge in [-0.3, -0.25) is 4.79 Å². The second-order valence-electron chi connectivity index (χ2n) is 2.81. The van der Waals surface area contributed by atoms with Crippen molar-refractivity contribution in [2.24, 2.45) is 0 Å². The lowest BCUT2D eigenvalue weighted by atomic mass is 10.3. The van der Waals surface area contributed by atoms with Crippen molar-refractivity contribution in [1.82, 2.24) is 0 Å². The fourth-order valence-electron chi connectivity index (χ4n) is 0.756. The van der Waals surface area contributed by atoms with E-state index in [0.29, 0.717) is 0 Å². The number of carbonyl (C=O) groups is 1. The molecule has 0 bridgehead atoms. The summed E-state index contributed by atoms with van der Waals surface area (Å²) in [6, 6.07) is 0. The molecule has 0 N–H and O–H groups in total. The summed E-state index contributed by atoms with van der Waals surface area (Å²) in [7, 11) is 0. The normalized spacial score (nSPS) is 9.28. The van der Waals surface area contributed by atoms with Crippen LogP contribution < -0.4 is 0 Å². The molecular weight excluding hydrogens is 248 g/mol. The average Bonchev–Trinajstić information content (AvgIpc) is 2.35. The van der Waals surface area contributed by atoms with Gasteiger partial charge in [0.25, 0.3) is 0 Å². The van der Waals surface area contributed by atoms with Gasteiger partial charge in [0, 0.05) is 6.92 Å². The molecule has 0 radical (unpaired) electrons. The number of ether oxygens (including phenoxy) is 1. The van der Waals surface area contributed by atoms with Gasteiger partial charge in [0.15, 0.2) is 0 Å². The van der Waals surface area contributed by atoms with Gasteiger partial charge >= 0.3 is 5.97 Å². The molecule has 2 nitrogen and oxygen atoms in total. The zero-order valence-electron chi connectivity index (χ0n) is 10.1. The molecule has 0 saturated heterocycles.